The van der Waals surface area contributed by atoms with Gasteiger partial charge in [-0.3, -0.25) is 0 Å². The SMILES string of the molecule is CC(C)OC(=O)c1ccc(CSc2ncnc3sc4c(c23)CC[C@H](C)C4)cc1. The predicted molar refractivity (Wildman–Crippen MR) is 115 cm³/mol. The number of rotatable bonds is 5. The maximum atomic E-state index is 12.0. The molecule has 146 valence electrons. The Morgan fingerprint density at radius 3 is 2.82 bits per heavy atom. The highest BCUT2D eigenvalue weighted by molar-refractivity contribution is 7.98. The summed E-state index contributed by atoms with van der Waals surface area (Å²) in [7, 11) is 0. The zero-order valence-electron chi connectivity index (χ0n) is 16.4. The van der Waals surface area contributed by atoms with Crippen LogP contribution in [0.1, 0.15) is 53.6 Å². The lowest BCUT2D eigenvalue weighted by molar-refractivity contribution is 0.0378. The van der Waals surface area contributed by atoms with Crippen molar-refractivity contribution >= 4 is 39.3 Å². The minimum atomic E-state index is -0.272. The number of aromatic nitrogens is 2. The number of carbonyl (C=O) groups excluding carboxylic acids is 1. The zero-order valence-corrected chi connectivity index (χ0v) is 18.0. The Kier molecular flexibility index (Phi) is 5.69. The summed E-state index contributed by atoms with van der Waals surface area (Å²) < 4.78 is 5.25. The van der Waals surface area contributed by atoms with Crippen molar-refractivity contribution in [1.29, 1.82) is 0 Å². The highest BCUT2D eigenvalue weighted by Gasteiger charge is 2.23. The Balaban J connectivity index is 1.51. The van der Waals surface area contributed by atoms with Crippen LogP contribution in [0.2, 0.25) is 0 Å². The standard InChI is InChI=1S/C22H24N2O2S2/c1-13(2)26-22(25)16-7-5-15(6-8-16)11-27-20-19-17-9-4-14(3)10-18(17)28-21(19)24-12-23-20/h5-8,12-14H,4,9-11H2,1-3H3/t14-/m0/s1. The molecule has 0 bridgehead atoms. The Labute approximate surface area is 173 Å². The molecule has 2 aromatic heterocycles. The average molecular weight is 413 g/mol. The molecule has 3 aromatic rings. The maximum absolute atomic E-state index is 12.0. The van der Waals surface area contributed by atoms with Gasteiger partial charge in [0.05, 0.1) is 11.7 Å². The van der Waals surface area contributed by atoms with Gasteiger partial charge in [0.15, 0.2) is 0 Å². The first kappa shape index (κ1) is 19.4. The molecule has 1 aliphatic carbocycles. The number of esters is 1. The Morgan fingerprint density at radius 1 is 1.29 bits per heavy atom. The molecular formula is C22H24N2O2S2. The van der Waals surface area contributed by atoms with Crippen LogP contribution in [0.15, 0.2) is 35.6 Å². The van der Waals surface area contributed by atoms with E-state index in [2.05, 4.69) is 16.9 Å². The van der Waals surface area contributed by atoms with Crippen molar-refractivity contribution in [2.75, 3.05) is 0 Å². The molecule has 0 fully saturated rings. The molecule has 2 heterocycles. The van der Waals surface area contributed by atoms with Crippen LogP contribution in [0.5, 0.6) is 0 Å². The fourth-order valence-electron chi connectivity index (χ4n) is 3.53. The molecule has 1 aliphatic rings. The van der Waals surface area contributed by atoms with Gasteiger partial charge >= 0.3 is 5.97 Å². The van der Waals surface area contributed by atoms with Gasteiger partial charge in [-0.05, 0) is 62.3 Å². The molecule has 0 radical (unpaired) electrons. The molecular weight excluding hydrogens is 388 g/mol. The minimum absolute atomic E-state index is 0.109. The summed E-state index contributed by atoms with van der Waals surface area (Å²) in [6, 6.07) is 7.66. The molecule has 0 spiro atoms. The van der Waals surface area contributed by atoms with Gasteiger partial charge in [-0.15, -0.1) is 23.1 Å². The van der Waals surface area contributed by atoms with E-state index in [-0.39, 0.29) is 12.1 Å². The number of thioether (sulfide) groups is 1. The van der Waals surface area contributed by atoms with Crippen LogP contribution >= 0.6 is 23.1 Å². The Hall–Kier alpha value is -1.92. The van der Waals surface area contributed by atoms with Crippen molar-refractivity contribution in [1.82, 2.24) is 9.97 Å². The number of fused-ring (bicyclic) bond motifs is 3. The van der Waals surface area contributed by atoms with Crippen LogP contribution in [-0.2, 0) is 23.3 Å². The van der Waals surface area contributed by atoms with E-state index in [1.807, 2.05) is 49.4 Å². The summed E-state index contributed by atoms with van der Waals surface area (Å²) in [5.41, 5.74) is 3.22. The van der Waals surface area contributed by atoms with E-state index in [1.165, 1.54) is 22.2 Å². The van der Waals surface area contributed by atoms with E-state index in [0.29, 0.717) is 5.56 Å². The van der Waals surface area contributed by atoms with Gasteiger partial charge in [0.1, 0.15) is 16.2 Å². The zero-order chi connectivity index (χ0) is 19.7. The lowest BCUT2D eigenvalue weighted by atomic mass is 9.89. The van der Waals surface area contributed by atoms with Crippen LogP contribution < -0.4 is 0 Å². The van der Waals surface area contributed by atoms with Crippen LogP contribution in [-0.4, -0.2) is 22.0 Å². The smallest absolute Gasteiger partial charge is 0.338 e. The summed E-state index contributed by atoms with van der Waals surface area (Å²) in [5.74, 6) is 1.29. The van der Waals surface area contributed by atoms with E-state index in [4.69, 9.17) is 4.74 Å². The summed E-state index contributed by atoms with van der Waals surface area (Å²) in [4.78, 5) is 23.7. The molecule has 0 amide bonds. The fourth-order valence-corrected chi connectivity index (χ4v) is 5.92. The van der Waals surface area contributed by atoms with Crippen LogP contribution in [0.3, 0.4) is 0 Å². The van der Waals surface area contributed by atoms with E-state index in [0.717, 1.165) is 39.9 Å². The number of thiophene rings is 1. The van der Waals surface area contributed by atoms with Crippen LogP contribution in [0, 0.1) is 5.92 Å². The fraction of sp³-hybridized carbons (Fsp3) is 0.409. The van der Waals surface area contributed by atoms with Crippen molar-refractivity contribution in [2.24, 2.45) is 5.92 Å². The summed E-state index contributed by atoms with van der Waals surface area (Å²) in [5, 5.41) is 2.33. The molecule has 4 nitrogen and oxygen atoms in total. The second-order valence-electron chi connectivity index (χ2n) is 7.65. The molecule has 0 aliphatic heterocycles. The average Bonchev–Trinajstić information content (AvgIpc) is 3.04. The molecule has 4 rings (SSSR count). The molecule has 6 heteroatoms. The molecule has 0 saturated heterocycles. The van der Waals surface area contributed by atoms with Crippen molar-refractivity contribution in [3.05, 3.63) is 52.2 Å². The first-order chi connectivity index (χ1) is 13.5. The molecule has 0 N–H and O–H groups in total. The summed E-state index contributed by atoms with van der Waals surface area (Å²) in [6.07, 6.45) is 5.10. The quantitative estimate of drug-likeness (QED) is 0.307. The van der Waals surface area contributed by atoms with Crippen LogP contribution in [0.4, 0.5) is 0 Å². The normalized spacial score (nSPS) is 16.4. The second kappa shape index (κ2) is 8.21. The Bertz CT molecular complexity index is 996. The van der Waals surface area contributed by atoms with E-state index < -0.39 is 0 Å². The van der Waals surface area contributed by atoms with E-state index in [9.17, 15) is 4.79 Å². The number of ether oxygens (including phenoxy) is 1. The number of carbonyl (C=O) groups is 1. The predicted octanol–water partition coefficient (Wildman–Crippen LogP) is 5.67. The van der Waals surface area contributed by atoms with Crippen molar-refractivity contribution in [3.63, 3.8) is 0 Å². The highest BCUT2D eigenvalue weighted by atomic mass is 32.2. The number of aryl methyl sites for hydroxylation is 1. The topological polar surface area (TPSA) is 52.1 Å². The number of nitrogens with zero attached hydrogens (tertiary/aromatic N) is 2. The largest absolute Gasteiger partial charge is 0.459 e. The lowest BCUT2D eigenvalue weighted by Gasteiger charge is -2.18. The monoisotopic (exact) mass is 412 g/mol. The first-order valence-corrected chi connectivity index (χ1v) is 11.5. The summed E-state index contributed by atoms with van der Waals surface area (Å²) in [6.45, 7) is 6.04. The van der Waals surface area contributed by atoms with Gasteiger partial charge in [-0.1, -0.05) is 19.1 Å². The van der Waals surface area contributed by atoms with Gasteiger partial charge in [-0.2, -0.15) is 0 Å². The number of hydrogen-bond donors (Lipinski definition) is 0. The Morgan fingerprint density at radius 2 is 2.07 bits per heavy atom. The summed E-state index contributed by atoms with van der Waals surface area (Å²) >= 11 is 3.58. The van der Waals surface area contributed by atoms with Crippen molar-refractivity contribution in [2.45, 2.75) is 56.9 Å². The second-order valence-corrected chi connectivity index (χ2v) is 9.70. The third kappa shape index (κ3) is 4.08. The molecule has 0 saturated carbocycles. The minimum Gasteiger partial charge on any atom is -0.459 e. The first-order valence-electron chi connectivity index (χ1n) is 9.69. The maximum Gasteiger partial charge on any atom is 0.338 e. The van der Waals surface area contributed by atoms with Gasteiger partial charge < -0.3 is 4.74 Å². The number of benzene rings is 1. The molecule has 1 atom stereocenters. The van der Waals surface area contributed by atoms with Gasteiger partial charge in [0.2, 0.25) is 0 Å². The van der Waals surface area contributed by atoms with Crippen LogP contribution in [0.25, 0.3) is 10.2 Å². The number of hydrogen-bond acceptors (Lipinski definition) is 6. The van der Waals surface area contributed by atoms with Crippen molar-refractivity contribution in [3.8, 4) is 0 Å². The van der Waals surface area contributed by atoms with Crippen molar-refractivity contribution < 1.29 is 9.53 Å². The molecule has 1 aromatic carbocycles. The lowest BCUT2D eigenvalue weighted by Crippen LogP contribution is -2.11. The molecule has 28 heavy (non-hydrogen) atoms. The van der Waals surface area contributed by atoms with E-state index >= 15 is 0 Å². The van der Waals surface area contributed by atoms with Gasteiger partial charge in [0, 0.05) is 16.0 Å². The third-order valence-corrected chi connectivity index (χ3v) is 7.19. The van der Waals surface area contributed by atoms with Gasteiger partial charge in [0.25, 0.3) is 0 Å². The van der Waals surface area contributed by atoms with E-state index in [1.54, 1.807) is 18.1 Å². The molecule has 0 unspecified atom stereocenters. The van der Waals surface area contributed by atoms with Gasteiger partial charge in [-0.25, -0.2) is 14.8 Å². The highest BCUT2D eigenvalue weighted by Crippen LogP contribution is 2.41. The third-order valence-electron chi connectivity index (χ3n) is 4.96.